The summed E-state index contributed by atoms with van der Waals surface area (Å²) in [6.07, 6.45) is 1.06. The third-order valence-electron chi connectivity index (χ3n) is 4.97. The monoisotopic (exact) mass is 494 g/mol. The van der Waals surface area contributed by atoms with Crippen molar-refractivity contribution >= 4 is 46.7 Å². The minimum absolute atomic E-state index is 0.0558. The van der Waals surface area contributed by atoms with E-state index >= 15 is 0 Å². The summed E-state index contributed by atoms with van der Waals surface area (Å²) < 4.78 is 15.3. The van der Waals surface area contributed by atoms with Gasteiger partial charge in [-0.2, -0.15) is 0 Å². The van der Waals surface area contributed by atoms with Crippen LogP contribution in [-0.4, -0.2) is 49.6 Å². The number of carbonyl (C=O) groups excluding carboxylic acids is 3. The molecule has 2 N–H and O–H groups in total. The Hall–Kier alpha value is -4.25. The Labute approximate surface area is 205 Å². The maximum absolute atomic E-state index is 12.9. The average Bonchev–Trinajstić information content (AvgIpc) is 3.35. The maximum atomic E-state index is 12.9. The Morgan fingerprint density at radius 1 is 1.03 bits per heavy atom. The molecule has 2 aromatic carbocycles. The van der Waals surface area contributed by atoms with Gasteiger partial charge in [-0.05, 0) is 48.5 Å². The number of methoxy groups -OCH3 is 1. The lowest BCUT2D eigenvalue weighted by atomic mass is 10.2. The predicted molar refractivity (Wildman–Crippen MR) is 131 cm³/mol. The quantitative estimate of drug-likeness (QED) is 0.473. The third-order valence-corrected chi connectivity index (χ3v) is 5.98. The van der Waals surface area contributed by atoms with Gasteiger partial charge in [-0.3, -0.25) is 14.5 Å². The molecule has 4 rings (SSSR count). The molecule has 3 amide bonds. The van der Waals surface area contributed by atoms with Gasteiger partial charge < -0.3 is 24.8 Å². The van der Waals surface area contributed by atoms with E-state index in [-0.39, 0.29) is 24.4 Å². The molecule has 0 atom stereocenters. The van der Waals surface area contributed by atoms with Gasteiger partial charge in [0.05, 0.1) is 18.4 Å². The summed E-state index contributed by atoms with van der Waals surface area (Å²) in [7, 11) is 2.89. The van der Waals surface area contributed by atoms with Crippen LogP contribution in [0.3, 0.4) is 0 Å². The number of ether oxygens (including phenoxy) is 3. The van der Waals surface area contributed by atoms with Gasteiger partial charge in [0.25, 0.3) is 5.91 Å². The second-order valence-electron chi connectivity index (χ2n) is 7.29. The highest BCUT2D eigenvalue weighted by atomic mass is 32.2. The molecule has 3 aromatic rings. The van der Waals surface area contributed by atoms with E-state index in [0.29, 0.717) is 39.2 Å². The van der Waals surface area contributed by atoms with Crippen LogP contribution in [0, 0.1) is 0 Å². The van der Waals surface area contributed by atoms with Crippen LogP contribution >= 0.6 is 11.8 Å². The van der Waals surface area contributed by atoms with Gasteiger partial charge in [0.1, 0.15) is 5.03 Å². The van der Waals surface area contributed by atoms with Crippen molar-refractivity contribution < 1.29 is 28.6 Å². The number of fused-ring (bicyclic) bond motifs is 1. The standard InChI is InChI=1S/C24H22N4O6S/c1-28(24(31)32-2)17-8-5-15(6-9-17)27-22(30)18-4-3-11-25-23(18)35-13-21(29)26-16-7-10-19-20(12-16)34-14-33-19/h3-12H,13-14H2,1-2H3,(H,26,29)(H,27,30). The molecule has 0 bridgehead atoms. The van der Waals surface area contributed by atoms with Crippen LogP contribution in [0.5, 0.6) is 11.5 Å². The number of aromatic nitrogens is 1. The number of hydrogen-bond acceptors (Lipinski definition) is 8. The van der Waals surface area contributed by atoms with Crippen LogP contribution in [0.25, 0.3) is 0 Å². The second kappa shape index (κ2) is 10.8. The van der Waals surface area contributed by atoms with Crippen molar-refractivity contribution in [3.05, 3.63) is 66.4 Å². The van der Waals surface area contributed by atoms with Gasteiger partial charge in [0, 0.05) is 36.4 Å². The van der Waals surface area contributed by atoms with Gasteiger partial charge >= 0.3 is 6.09 Å². The second-order valence-corrected chi connectivity index (χ2v) is 8.26. The Morgan fingerprint density at radius 2 is 1.77 bits per heavy atom. The van der Waals surface area contributed by atoms with E-state index in [0.717, 1.165) is 11.8 Å². The molecule has 0 unspecified atom stereocenters. The van der Waals surface area contributed by atoms with Gasteiger partial charge in [0.15, 0.2) is 11.5 Å². The first-order valence-electron chi connectivity index (χ1n) is 10.4. The van der Waals surface area contributed by atoms with Gasteiger partial charge in [-0.15, -0.1) is 0 Å². The number of nitrogens with zero attached hydrogens (tertiary/aromatic N) is 2. The fraction of sp³-hybridized carbons (Fsp3) is 0.167. The van der Waals surface area contributed by atoms with Crippen molar-refractivity contribution in [2.75, 3.05) is 42.2 Å². The molecule has 2 heterocycles. The summed E-state index contributed by atoms with van der Waals surface area (Å²) in [5.41, 5.74) is 2.07. The normalized spacial score (nSPS) is 11.5. The van der Waals surface area contributed by atoms with Crippen molar-refractivity contribution in [1.29, 1.82) is 0 Å². The predicted octanol–water partition coefficient (Wildman–Crippen LogP) is 4.00. The summed E-state index contributed by atoms with van der Waals surface area (Å²) in [6.45, 7) is 0.155. The molecule has 0 fully saturated rings. The van der Waals surface area contributed by atoms with Gasteiger partial charge in [-0.1, -0.05) is 11.8 Å². The van der Waals surface area contributed by atoms with E-state index in [1.807, 2.05) is 0 Å². The molecule has 0 radical (unpaired) electrons. The number of thioether (sulfide) groups is 1. The minimum Gasteiger partial charge on any atom is -0.454 e. The molecular formula is C24H22N4O6S. The maximum Gasteiger partial charge on any atom is 0.413 e. The topological polar surface area (TPSA) is 119 Å². The fourth-order valence-electron chi connectivity index (χ4n) is 3.19. The van der Waals surface area contributed by atoms with Crippen LogP contribution < -0.4 is 25.0 Å². The van der Waals surface area contributed by atoms with E-state index in [2.05, 4.69) is 15.6 Å². The van der Waals surface area contributed by atoms with Crippen molar-refractivity contribution in [2.45, 2.75) is 5.03 Å². The lowest BCUT2D eigenvalue weighted by molar-refractivity contribution is -0.113. The minimum atomic E-state index is -0.499. The number of carbonyl (C=O) groups is 3. The van der Waals surface area contributed by atoms with Gasteiger partial charge in [0.2, 0.25) is 12.7 Å². The van der Waals surface area contributed by atoms with E-state index in [1.165, 1.54) is 12.0 Å². The van der Waals surface area contributed by atoms with Crippen molar-refractivity contribution in [3.8, 4) is 11.5 Å². The zero-order chi connectivity index (χ0) is 24.8. The van der Waals surface area contributed by atoms with Crippen LogP contribution in [0.2, 0.25) is 0 Å². The highest BCUT2D eigenvalue weighted by molar-refractivity contribution is 8.00. The molecule has 35 heavy (non-hydrogen) atoms. The van der Waals surface area contributed by atoms with Gasteiger partial charge in [-0.25, -0.2) is 9.78 Å². The van der Waals surface area contributed by atoms with Crippen LogP contribution in [0.15, 0.2) is 65.8 Å². The summed E-state index contributed by atoms with van der Waals surface area (Å²) in [4.78, 5) is 42.6. The molecule has 0 aliphatic carbocycles. The Bertz CT molecular complexity index is 1250. The van der Waals surface area contributed by atoms with E-state index in [9.17, 15) is 14.4 Å². The molecule has 10 nitrogen and oxygen atoms in total. The first kappa shape index (κ1) is 23.9. The molecule has 0 saturated carbocycles. The Morgan fingerprint density at radius 3 is 2.54 bits per heavy atom. The highest BCUT2D eigenvalue weighted by Crippen LogP contribution is 2.34. The van der Waals surface area contributed by atoms with Crippen LogP contribution in [0.4, 0.5) is 21.9 Å². The zero-order valence-corrected chi connectivity index (χ0v) is 19.8. The Balaban J connectivity index is 1.36. The molecular weight excluding hydrogens is 472 g/mol. The van der Waals surface area contributed by atoms with E-state index < -0.39 is 6.09 Å². The summed E-state index contributed by atoms with van der Waals surface area (Å²) in [6, 6.07) is 15.2. The van der Waals surface area contributed by atoms with E-state index in [1.54, 1.807) is 67.8 Å². The first-order chi connectivity index (χ1) is 16.9. The zero-order valence-electron chi connectivity index (χ0n) is 18.9. The number of hydrogen-bond donors (Lipinski definition) is 2. The fourth-order valence-corrected chi connectivity index (χ4v) is 3.98. The van der Waals surface area contributed by atoms with Crippen molar-refractivity contribution in [3.63, 3.8) is 0 Å². The van der Waals surface area contributed by atoms with Crippen LogP contribution in [0.1, 0.15) is 10.4 Å². The largest absolute Gasteiger partial charge is 0.454 e. The average molecular weight is 495 g/mol. The number of pyridine rings is 1. The lowest BCUT2D eigenvalue weighted by Crippen LogP contribution is -2.25. The molecule has 0 saturated heterocycles. The molecule has 11 heteroatoms. The van der Waals surface area contributed by atoms with E-state index in [4.69, 9.17) is 14.2 Å². The molecule has 1 aliphatic rings. The molecule has 1 aromatic heterocycles. The third kappa shape index (κ3) is 5.82. The summed E-state index contributed by atoms with van der Waals surface area (Å²) in [5.74, 6) is 0.637. The van der Waals surface area contributed by atoms with Crippen molar-refractivity contribution in [2.24, 2.45) is 0 Å². The molecule has 1 aliphatic heterocycles. The molecule has 180 valence electrons. The SMILES string of the molecule is COC(=O)N(C)c1ccc(NC(=O)c2cccnc2SCC(=O)Nc2ccc3c(c2)OCO3)cc1. The van der Waals surface area contributed by atoms with Crippen molar-refractivity contribution in [1.82, 2.24) is 4.98 Å². The Kier molecular flexibility index (Phi) is 7.36. The number of nitrogens with one attached hydrogen (secondary N) is 2. The summed E-state index contributed by atoms with van der Waals surface area (Å²) in [5, 5.41) is 6.03. The highest BCUT2D eigenvalue weighted by Gasteiger charge is 2.17. The number of benzene rings is 2. The smallest absolute Gasteiger partial charge is 0.413 e. The number of amides is 3. The molecule has 0 spiro atoms. The summed E-state index contributed by atoms with van der Waals surface area (Å²) >= 11 is 1.15. The number of rotatable bonds is 7. The first-order valence-corrected chi connectivity index (χ1v) is 11.4. The lowest BCUT2D eigenvalue weighted by Gasteiger charge is -2.16. The number of anilines is 3. The van der Waals surface area contributed by atoms with Crippen LogP contribution in [-0.2, 0) is 9.53 Å².